The van der Waals surface area contributed by atoms with Crippen LogP contribution in [0.1, 0.15) is 6.92 Å². The zero-order valence-corrected chi connectivity index (χ0v) is 14.0. The van der Waals surface area contributed by atoms with Crippen LogP contribution < -0.4 is 21.1 Å². The van der Waals surface area contributed by atoms with Crippen molar-refractivity contribution in [2.24, 2.45) is 0 Å². The van der Waals surface area contributed by atoms with Crippen molar-refractivity contribution in [1.29, 1.82) is 0 Å². The number of hydrogen-bond acceptors (Lipinski definition) is 9. The number of nitrogens with two attached hydrogens (primary N) is 1. The topological polar surface area (TPSA) is 137 Å². The molecule has 25 heavy (non-hydrogen) atoms. The predicted octanol–water partition coefficient (Wildman–Crippen LogP) is 2.17. The van der Waals surface area contributed by atoms with Gasteiger partial charge in [0.15, 0.2) is 0 Å². The van der Waals surface area contributed by atoms with E-state index >= 15 is 0 Å². The number of benzene rings is 1. The second-order valence-corrected chi connectivity index (χ2v) is 4.89. The molecule has 0 atom stereocenters. The summed E-state index contributed by atoms with van der Waals surface area (Å²) in [5.74, 6) is 0.648. The minimum Gasteiger partial charge on any atom is -0.494 e. The average molecular weight is 348 g/mol. The fourth-order valence-electron chi connectivity index (χ4n) is 2.02. The van der Waals surface area contributed by atoms with Gasteiger partial charge in [-0.3, -0.25) is 10.1 Å². The molecule has 0 aliphatic rings. The van der Waals surface area contributed by atoms with Crippen LogP contribution in [0.2, 0.25) is 0 Å². The molecular formula is C15H20N6O4. The van der Waals surface area contributed by atoms with E-state index in [1.807, 2.05) is 6.92 Å². The Labute approximate surface area is 144 Å². The predicted molar refractivity (Wildman–Crippen MR) is 94.4 cm³/mol. The monoisotopic (exact) mass is 348 g/mol. The lowest BCUT2D eigenvalue weighted by Gasteiger charge is -2.11. The third-order valence-electron chi connectivity index (χ3n) is 3.11. The van der Waals surface area contributed by atoms with Crippen molar-refractivity contribution in [2.45, 2.75) is 6.92 Å². The van der Waals surface area contributed by atoms with Gasteiger partial charge in [0.1, 0.15) is 5.75 Å². The van der Waals surface area contributed by atoms with Gasteiger partial charge in [0.05, 0.1) is 18.1 Å². The van der Waals surface area contributed by atoms with E-state index in [1.165, 1.54) is 0 Å². The maximum atomic E-state index is 11.3. The van der Waals surface area contributed by atoms with Crippen molar-refractivity contribution in [2.75, 3.05) is 43.2 Å². The number of aromatic nitrogens is 2. The van der Waals surface area contributed by atoms with Gasteiger partial charge >= 0.3 is 5.69 Å². The number of anilines is 4. The van der Waals surface area contributed by atoms with E-state index in [1.54, 1.807) is 31.4 Å². The highest BCUT2D eigenvalue weighted by atomic mass is 16.6. The van der Waals surface area contributed by atoms with Crippen molar-refractivity contribution in [1.82, 2.24) is 9.97 Å². The molecule has 1 aromatic carbocycles. The Morgan fingerprint density at radius 3 is 2.60 bits per heavy atom. The van der Waals surface area contributed by atoms with Gasteiger partial charge in [-0.25, -0.2) is 0 Å². The molecule has 0 spiro atoms. The first-order chi connectivity index (χ1) is 12.0. The van der Waals surface area contributed by atoms with Gasteiger partial charge in [0, 0.05) is 19.3 Å². The quantitative estimate of drug-likeness (QED) is 0.353. The van der Waals surface area contributed by atoms with Gasteiger partial charge in [-0.1, -0.05) is 0 Å². The van der Waals surface area contributed by atoms with Crippen LogP contribution in [0.25, 0.3) is 0 Å². The standard InChI is InChI=1S/C15H20N6O4/c1-3-25-11-6-4-10(5-7-11)18-14-12(21(22)23)13(16)19-15(20-14)17-8-9-24-2/h4-7H,3,8-9H2,1-2H3,(H4,16,17,18,19,20). The van der Waals surface area contributed by atoms with Gasteiger partial charge < -0.3 is 25.8 Å². The summed E-state index contributed by atoms with van der Waals surface area (Å²) in [6, 6.07) is 6.95. The zero-order chi connectivity index (χ0) is 18.2. The first kappa shape index (κ1) is 18.2. The molecular weight excluding hydrogens is 328 g/mol. The first-order valence-electron chi connectivity index (χ1n) is 7.59. The van der Waals surface area contributed by atoms with Crippen LogP contribution >= 0.6 is 0 Å². The molecule has 0 saturated heterocycles. The third kappa shape index (κ3) is 4.91. The van der Waals surface area contributed by atoms with Gasteiger partial charge in [-0.2, -0.15) is 9.97 Å². The molecule has 2 rings (SSSR count). The van der Waals surface area contributed by atoms with E-state index in [0.717, 1.165) is 0 Å². The molecule has 0 saturated carbocycles. The average Bonchev–Trinajstić information content (AvgIpc) is 2.56. The fourth-order valence-corrected chi connectivity index (χ4v) is 2.02. The number of rotatable bonds is 9. The van der Waals surface area contributed by atoms with Crippen molar-refractivity contribution in [3.63, 3.8) is 0 Å². The van der Waals surface area contributed by atoms with Gasteiger partial charge in [-0.15, -0.1) is 0 Å². The molecule has 134 valence electrons. The van der Waals surface area contributed by atoms with E-state index < -0.39 is 4.92 Å². The Morgan fingerprint density at radius 1 is 1.28 bits per heavy atom. The first-order valence-corrected chi connectivity index (χ1v) is 7.59. The second-order valence-electron chi connectivity index (χ2n) is 4.89. The molecule has 4 N–H and O–H groups in total. The number of methoxy groups -OCH3 is 1. The van der Waals surface area contributed by atoms with Gasteiger partial charge in [0.2, 0.25) is 17.6 Å². The number of nitrogens with zero attached hydrogens (tertiary/aromatic N) is 3. The van der Waals surface area contributed by atoms with Crippen LogP contribution in [-0.4, -0.2) is 41.8 Å². The minimum absolute atomic E-state index is 0.00146. The highest BCUT2D eigenvalue weighted by Gasteiger charge is 2.23. The Bertz CT molecular complexity index is 723. The fraction of sp³-hybridized carbons (Fsp3) is 0.333. The lowest BCUT2D eigenvalue weighted by atomic mass is 10.3. The summed E-state index contributed by atoms with van der Waals surface area (Å²) in [4.78, 5) is 18.7. The van der Waals surface area contributed by atoms with Crippen LogP contribution in [0.4, 0.5) is 29.0 Å². The number of nitro groups is 1. The lowest BCUT2D eigenvalue weighted by molar-refractivity contribution is -0.383. The molecule has 10 nitrogen and oxygen atoms in total. The molecule has 0 bridgehead atoms. The second kappa shape index (κ2) is 8.64. The summed E-state index contributed by atoms with van der Waals surface area (Å²) in [6.07, 6.45) is 0. The van der Waals surface area contributed by atoms with Crippen molar-refractivity contribution in [3.05, 3.63) is 34.4 Å². The Balaban J connectivity index is 2.27. The summed E-state index contributed by atoms with van der Waals surface area (Å²) in [7, 11) is 1.56. The molecule has 0 radical (unpaired) electrons. The van der Waals surface area contributed by atoms with Crippen LogP contribution in [0.5, 0.6) is 5.75 Å². The van der Waals surface area contributed by atoms with Crippen LogP contribution in [0, 0.1) is 10.1 Å². The van der Waals surface area contributed by atoms with E-state index in [-0.39, 0.29) is 23.3 Å². The Hall–Kier alpha value is -3.14. The Kier molecular flexibility index (Phi) is 6.29. The summed E-state index contributed by atoms with van der Waals surface area (Å²) in [6.45, 7) is 3.31. The van der Waals surface area contributed by atoms with E-state index in [0.29, 0.717) is 31.2 Å². The normalized spacial score (nSPS) is 10.3. The number of hydrogen-bond donors (Lipinski definition) is 3. The van der Waals surface area contributed by atoms with Crippen molar-refractivity contribution >= 4 is 29.0 Å². The highest BCUT2D eigenvalue weighted by Crippen LogP contribution is 2.31. The van der Waals surface area contributed by atoms with Crippen LogP contribution in [0.3, 0.4) is 0 Å². The minimum atomic E-state index is -0.620. The lowest BCUT2D eigenvalue weighted by Crippen LogP contribution is -2.13. The maximum Gasteiger partial charge on any atom is 0.353 e. The largest absolute Gasteiger partial charge is 0.494 e. The summed E-state index contributed by atoms with van der Waals surface area (Å²) in [5.41, 5.74) is 5.94. The van der Waals surface area contributed by atoms with Gasteiger partial charge in [-0.05, 0) is 31.2 Å². The van der Waals surface area contributed by atoms with Crippen molar-refractivity contribution in [3.8, 4) is 5.75 Å². The van der Waals surface area contributed by atoms with E-state index in [9.17, 15) is 10.1 Å². The number of ether oxygens (including phenoxy) is 2. The number of nitrogen functional groups attached to an aromatic ring is 1. The molecule has 0 aliphatic carbocycles. The smallest absolute Gasteiger partial charge is 0.353 e. The number of nitrogens with one attached hydrogen (secondary N) is 2. The molecule has 0 aliphatic heterocycles. The maximum absolute atomic E-state index is 11.3. The van der Waals surface area contributed by atoms with E-state index in [2.05, 4.69) is 20.6 Å². The van der Waals surface area contributed by atoms with E-state index in [4.69, 9.17) is 15.2 Å². The SMILES string of the molecule is CCOc1ccc(Nc2nc(NCCOC)nc(N)c2[N+](=O)[O-])cc1. The molecule has 1 aromatic heterocycles. The summed E-state index contributed by atoms with van der Waals surface area (Å²) in [5, 5.41) is 17.1. The van der Waals surface area contributed by atoms with Crippen LogP contribution in [-0.2, 0) is 4.74 Å². The summed E-state index contributed by atoms with van der Waals surface area (Å²) < 4.78 is 10.3. The molecule has 2 aromatic rings. The zero-order valence-electron chi connectivity index (χ0n) is 14.0. The summed E-state index contributed by atoms with van der Waals surface area (Å²) >= 11 is 0. The molecule has 0 fully saturated rings. The Morgan fingerprint density at radius 2 is 2.00 bits per heavy atom. The molecule has 0 amide bonds. The molecule has 10 heteroatoms. The highest BCUT2D eigenvalue weighted by molar-refractivity contribution is 5.74. The molecule has 1 heterocycles. The molecule has 0 unspecified atom stereocenters. The third-order valence-corrected chi connectivity index (χ3v) is 3.11. The van der Waals surface area contributed by atoms with Crippen molar-refractivity contribution < 1.29 is 14.4 Å². The van der Waals surface area contributed by atoms with Gasteiger partial charge in [0.25, 0.3) is 0 Å². The van der Waals surface area contributed by atoms with Crippen LogP contribution in [0.15, 0.2) is 24.3 Å².